The van der Waals surface area contributed by atoms with E-state index in [2.05, 4.69) is 56.8 Å². The van der Waals surface area contributed by atoms with Crippen molar-refractivity contribution in [1.29, 1.82) is 0 Å². The van der Waals surface area contributed by atoms with E-state index in [0.717, 1.165) is 40.9 Å². The van der Waals surface area contributed by atoms with E-state index in [1.54, 1.807) is 106 Å². The summed E-state index contributed by atoms with van der Waals surface area (Å²) in [4.78, 5) is 153. The van der Waals surface area contributed by atoms with Crippen LogP contribution in [0.3, 0.4) is 0 Å². The molecule has 9 amide bonds. The topological polar surface area (TPSA) is 436 Å². The number of rotatable bonds is 27. The number of aliphatic hydroxyl groups is 4. The van der Waals surface area contributed by atoms with Crippen LogP contribution in [0.4, 0.5) is 77.3 Å². The predicted molar refractivity (Wildman–Crippen MR) is 493 cm³/mol. The molecule has 710 valence electrons. The van der Waals surface area contributed by atoms with Gasteiger partial charge in [-0.1, -0.05) is 42.5 Å². The van der Waals surface area contributed by atoms with Crippen LogP contribution < -0.4 is 57.1 Å². The van der Waals surface area contributed by atoms with Gasteiger partial charge in [0.2, 0.25) is 53.0 Å². The number of amides is 9. The van der Waals surface area contributed by atoms with Crippen molar-refractivity contribution in [3.05, 3.63) is 237 Å². The van der Waals surface area contributed by atoms with Gasteiger partial charge in [0.25, 0.3) is 42.4 Å². The molecule has 0 atom stereocenters. The summed E-state index contributed by atoms with van der Waals surface area (Å²) in [6.07, 6.45) is -6.67. The van der Waals surface area contributed by atoms with Crippen LogP contribution in [0.1, 0.15) is 104 Å². The fraction of sp³-hybridized carbons (Fsp3) is 0.298. The lowest BCUT2D eigenvalue weighted by molar-refractivity contribution is -0.137. The highest BCUT2D eigenvalue weighted by Gasteiger charge is 2.33. The van der Waals surface area contributed by atoms with Gasteiger partial charge in [0, 0.05) is 174 Å². The number of pyridine rings is 1. The number of piperazine rings is 3. The zero-order chi connectivity index (χ0) is 96.4. The van der Waals surface area contributed by atoms with E-state index in [1.807, 2.05) is 41.0 Å². The number of hydrogen-bond acceptors (Lipinski definition) is 21. The summed E-state index contributed by atoms with van der Waals surface area (Å²) in [6.45, 7) is 7.37. The van der Waals surface area contributed by atoms with Crippen molar-refractivity contribution in [2.45, 2.75) is 77.8 Å². The van der Waals surface area contributed by atoms with Crippen LogP contribution in [0.2, 0.25) is 0 Å². The van der Waals surface area contributed by atoms with Crippen molar-refractivity contribution < 1.29 is 99.0 Å². The smallest absolute Gasteiger partial charge is 0.396 e. The second-order valence-corrected chi connectivity index (χ2v) is 31.6. The number of alkyl halides is 7. The fourth-order valence-electron chi connectivity index (χ4n) is 15.7. The number of nitrogens with one attached hydrogen (secondary N) is 7. The molecule has 0 bridgehead atoms. The Balaban J connectivity index is 0.000000145. The number of fused-ring (bicyclic) bond motifs is 4. The quantitative estimate of drug-likeness (QED) is 0.0213. The van der Waals surface area contributed by atoms with Gasteiger partial charge in [0.05, 0.1) is 69.4 Å². The number of morpholine rings is 1. The number of anilines is 8. The third-order valence-corrected chi connectivity index (χ3v) is 22.6. The Bertz CT molecular complexity index is 6680. The Morgan fingerprint density at radius 2 is 0.787 bits per heavy atom. The second kappa shape index (κ2) is 44.3. The maximum absolute atomic E-state index is 13.2. The minimum Gasteiger partial charge on any atom is -0.396 e. The predicted octanol–water partition coefficient (Wildman–Crippen LogP) is 10.4. The SMILES string of the molecule is CC(=O)N1CCN(c2ccc3c(c2)nc(NC(=O)c2cccc(C(F)F)c2)n3CCCO)C(=O)C1.O=C(Nc1nc2cc(N3CCNCC3=O)ccc2n1CCCO)c1cccc(C(F)(F)F)c1.O=C(Nc1nc2cc(N3CCNCC3=O)ccc2n1CCCO)c1cccc(C(F)F)c1.O=C(Nc1nc2cc(N3CCOCC3=O)ccc2n1CCCO)c1cccc(-c2cc[nH]c(=O)c2)c1. The van der Waals surface area contributed by atoms with Crippen LogP contribution in [-0.4, -0.2) is 227 Å². The molecule has 35 nitrogen and oxygen atoms in total. The number of aromatic nitrogens is 9. The highest BCUT2D eigenvalue weighted by atomic mass is 19.4. The molecule has 17 rings (SSSR count). The fourth-order valence-corrected chi connectivity index (χ4v) is 15.7. The van der Waals surface area contributed by atoms with E-state index >= 15 is 0 Å². The van der Waals surface area contributed by atoms with Crippen LogP contribution in [0, 0.1) is 0 Å². The molecule has 0 saturated carbocycles. The number of H-pyrrole nitrogens is 1. The van der Waals surface area contributed by atoms with Crippen molar-refractivity contribution in [3.63, 3.8) is 0 Å². The van der Waals surface area contributed by atoms with E-state index in [9.17, 15) is 99.1 Å². The molecule has 8 aromatic carbocycles. The number of hydrogen-bond donors (Lipinski definition) is 11. The van der Waals surface area contributed by atoms with E-state index in [0.29, 0.717) is 177 Å². The lowest BCUT2D eigenvalue weighted by atomic mass is 10.0. The summed E-state index contributed by atoms with van der Waals surface area (Å²) in [5.41, 5.74) is 7.96. The molecule has 4 aliphatic rings. The van der Waals surface area contributed by atoms with Crippen LogP contribution in [0.5, 0.6) is 0 Å². The van der Waals surface area contributed by atoms with Crippen LogP contribution in [-0.2, 0) is 61.1 Å². The maximum atomic E-state index is 13.2. The number of imidazole rings is 4. The Morgan fingerprint density at radius 1 is 0.419 bits per heavy atom. The van der Waals surface area contributed by atoms with Crippen molar-refractivity contribution >= 4 is 144 Å². The zero-order valence-corrected chi connectivity index (χ0v) is 73.3. The number of nitrogens with zero attached hydrogens (tertiary/aromatic N) is 13. The van der Waals surface area contributed by atoms with Gasteiger partial charge in [-0.3, -0.25) is 69.2 Å². The van der Waals surface area contributed by atoms with Gasteiger partial charge in [-0.05, 0) is 170 Å². The zero-order valence-electron chi connectivity index (χ0n) is 73.3. The molecule has 0 unspecified atom stereocenters. The van der Waals surface area contributed by atoms with Crippen LogP contribution in [0.15, 0.2) is 193 Å². The molecule has 4 aliphatic heterocycles. The van der Waals surface area contributed by atoms with Crippen molar-refractivity contribution in [1.82, 2.24) is 58.7 Å². The van der Waals surface area contributed by atoms with Crippen molar-refractivity contribution in [2.75, 3.05) is 146 Å². The molecule has 13 aromatic rings. The molecular weight excluding hydrogens is 1780 g/mol. The Kier molecular flexibility index (Phi) is 31.6. The first-order valence-electron chi connectivity index (χ1n) is 43.5. The lowest BCUT2D eigenvalue weighted by Crippen LogP contribution is -2.51. The molecule has 136 heavy (non-hydrogen) atoms. The average molecular weight is 1880 g/mol. The molecule has 42 heteroatoms. The number of halogens is 7. The van der Waals surface area contributed by atoms with E-state index < -0.39 is 42.3 Å². The van der Waals surface area contributed by atoms with Crippen LogP contribution in [0.25, 0.3) is 55.3 Å². The molecular formula is C94H95F7N20O15. The second-order valence-electron chi connectivity index (χ2n) is 31.6. The van der Waals surface area contributed by atoms with Gasteiger partial charge < -0.3 is 83.5 Å². The highest BCUT2D eigenvalue weighted by Crippen LogP contribution is 2.35. The number of aryl methyl sites for hydroxylation is 4. The van der Waals surface area contributed by atoms with Gasteiger partial charge in [-0.15, -0.1) is 0 Å². The molecule has 5 aromatic heterocycles. The van der Waals surface area contributed by atoms with Gasteiger partial charge in [-0.2, -0.15) is 13.2 Å². The van der Waals surface area contributed by atoms with Gasteiger partial charge in [0.1, 0.15) is 13.2 Å². The lowest BCUT2D eigenvalue weighted by Gasteiger charge is -2.33. The third kappa shape index (κ3) is 23.3. The average Bonchev–Trinajstić information content (AvgIpc) is 1.64. The minimum atomic E-state index is -4.57. The van der Waals surface area contributed by atoms with Crippen LogP contribution >= 0.6 is 0 Å². The molecule has 9 heterocycles. The summed E-state index contributed by atoms with van der Waals surface area (Å²) >= 11 is 0. The number of carbonyl (C=O) groups excluding carboxylic acids is 9. The Hall–Kier alpha value is -15.0. The highest BCUT2D eigenvalue weighted by molar-refractivity contribution is 6.09. The van der Waals surface area contributed by atoms with E-state index in [4.69, 9.17) is 4.74 Å². The molecule has 11 N–H and O–H groups in total. The van der Waals surface area contributed by atoms with Gasteiger partial charge in [-0.25, -0.2) is 37.5 Å². The summed E-state index contributed by atoms with van der Waals surface area (Å²) in [5, 5.41) is 54.1. The third-order valence-electron chi connectivity index (χ3n) is 22.6. The Morgan fingerprint density at radius 3 is 1.15 bits per heavy atom. The summed E-state index contributed by atoms with van der Waals surface area (Å²) in [6, 6.07) is 46.3. The molecule has 0 spiro atoms. The normalized spacial score (nSPS) is 14.2. The van der Waals surface area contributed by atoms with Crippen molar-refractivity contribution in [3.8, 4) is 11.1 Å². The van der Waals surface area contributed by atoms with E-state index in [-0.39, 0.29) is 139 Å². The Labute approximate surface area is 770 Å². The molecule has 4 saturated heterocycles. The first-order valence-corrected chi connectivity index (χ1v) is 43.5. The molecule has 0 radical (unpaired) electrons. The van der Waals surface area contributed by atoms with E-state index in [1.165, 1.54) is 66.4 Å². The number of aromatic amines is 1. The number of aliphatic hydroxyl groups excluding tert-OH is 4. The first kappa shape index (κ1) is 97.1. The van der Waals surface area contributed by atoms with Gasteiger partial charge >= 0.3 is 6.18 Å². The largest absolute Gasteiger partial charge is 0.416 e. The summed E-state index contributed by atoms with van der Waals surface area (Å²) in [5.74, 6) is -1.92. The summed E-state index contributed by atoms with van der Waals surface area (Å²) in [7, 11) is 0. The number of carbonyl (C=O) groups is 9. The summed E-state index contributed by atoms with van der Waals surface area (Å²) < 4.78 is 103. The van der Waals surface area contributed by atoms with Gasteiger partial charge in [0.15, 0.2) is 0 Å². The standard InChI is InChI=1S/C26H25N5O5.C24H25F2N5O4.C22H22F3N5O3.C22H23F2N5O3/c32-11-2-9-31-22-6-5-20(30-10-12-36-16-24(30)34)15-21(22)28-26(31)29-25(35)19-4-1-3-17(13-19)18-7-8-27-23(33)14-18;1-15(33)29-9-10-30(21(34)14-29)18-6-7-20-19(13-18)27-24(31(20)8-3-11-32)28-23(35)17-5-2-4-16(12-17)22(25)26;23-22(24,25)15-4-1-3-14(11-15)20(33)28-21-27-17-12-16(29-9-7-26-13-19(29)32)5-6-18(17)30(21)8-2-10-31;23-20(24)14-3-1-4-15(11-14)21(32)27-22-26-17-12-16(28-9-7-25-13-19(28)31)5-6-18(17)29(22)8-2-10-30/h1,3-8,13-15,32H,2,9-12,16H2,(H,27,33)(H,28,29,35);2,4-7,12-13,22,32H,3,8-11,14H2,1H3,(H,27,28,35);1,3-6,11-12,26,31H,2,7-10,13H2,(H,27,28,33);1,3-6,11-12,20,25,30H,2,7-10,13H2,(H,26,27,32). The molecule has 4 fully saturated rings. The monoisotopic (exact) mass is 1880 g/mol. The van der Waals surface area contributed by atoms with Crippen molar-refractivity contribution in [2.24, 2.45) is 0 Å². The maximum Gasteiger partial charge on any atom is 0.416 e. The number of ether oxygens (including phenoxy) is 1. The first-order chi connectivity index (χ1) is 65.6. The number of benzene rings is 8. The minimum absolute atomic E-state index is 0.00268. The molecule has 0 aliphatic carbocycles.